The fourth-order valence-corrected chi connectivity index (χ4v) is 5.42. The highest BCUT2D eigenvalue weighted by atomic mass is 14.7. The van der Waals surface area contributed by atoms with E-state index >= 15 is 0 Å². The largest absolute Gasteiger partial charge is 0.0847 e. The zero-order valence-corrected chi connectivity index (χ0v) is 10.6. The Morgan fingerprint density at radius 2 is 2.07 bits per heavy atom. The minimum absolute atomic E-state index is 0.571. The van der Waals surface area contributed by atoms with Gasteiger partial charge in [0.25, 0.3) is 0 Å². The van der Waals surface area contributed by atoms with Crippen LogP contribution in [-0.2, 0) is 0 Å². The lowest BCUT2D eigenvalue weighted by molar-refractivity contribution is 0.0786. The number of allylic oxidation sites excluding steroid dienone is 2. The molecule has 0 N–H and O–H groups in total. The lowest BCUT2D eigenvalue weighted by atomic mass is 9.56. The van der Waals surface area contributed by atoms with Gasteiger partial charge in [-0.15, -0.1) is 0 Å². The van der Waals surface area contributed by atoms with E-state index in [4.69, 9.17) is 0 Å². The maximum atomic E-state index is 2.56. The van der Waals surface area contributed by atoms with Crippen molar-refractivity contribution in [1.29, 1.82) is 0 Å². The number of hydrogen-bond donors (Lipinski definition) is 0. The summed E-state index contributed by atoms with van der Waals surface area (Å²) in [6, 6.07) is 0. The summed E-state index contributed by atoms with van der Waals surface area (Å²) < 4.78 is 0. The van der Waals surface area contributed by atoms with E-state index in [0.717, 1.165) is 17.8 Å². The molecule has 0 saturated heterocycles. The highest BCUT2D eigenvalue weighted by molar-refractivity contribution is 5.30. The predicted octanol–water partition coefficient (Wildman–Crippen LogP) is 4.42. The first-order valence-electron chi connectivity index (χ1n) is 6.67. The van der Waals surface area contributed by atoms with Gasteiger partial charge in [-0.05, 0) is 61.2 Å². The van der Waals surface area contributed by atoms with Crippen LogP contribution >= 0.6 is 0 Å². The van der Waals surface area contributed by atoms with E-state index in [1.54, 1.807) is 5.57 Å². The molecule has 3 rings (SSSR count). The Labute approximate surface area is 94.1 Å². The van der Waals surface area contributed by atoms with Gasteiger partial charge in [-0.2, -0.15) is 0 Å². The van der Waals surface area contributed by atoms with Crippen molar-refractivity contribution in [2.24, 2.45) is 28.6 Å². The Kier molecular flexibility index (Phi) is 1.79. The van der Waals surface area contributed by atoms with Crippen LogP contribution in [0.5, 0.6) is 0 Å². The highest BCUT2D eigenvalue weighted by Gasteiger charge is 2.64. The minimum atomic E-state index is 0.571. The minimum Gasteiger partial charge on any atom is -0.0847 e. The molecule has 4 atom stereocenters. The molecule has 84 valence electrons. The summed E-state index contributed by atoms with van der Waals surface area (Å²) >= 11 is 0. The lowest BCUT2D eigenvalue weighted by Crippen LogP contribution is -2.41. The first-order valence-corrected chi connectivity index (χ1v) is 6.67. The molecule has 3 aliphatic rings. The maximum Gasteiger partial charge on any atom is -0.000604 e. The molecule has 0 aromatic heterocycles. The first-order chi connectivity index (χ1) is 7.00. The monoisotopic (exact) mass is 204 g/mol. The predicted molar refractivity (Wildman–Crippen MR) is 64.6 cm³/mol. The number of rotatable bonds is 0. The second-order valence-corrected chi connectivity index (χ2v) is 6.87. The standard InChI is InChI=1S/C15H24/c1-10-7-8-15-11(2)5-6-12(9-13(10)15)14(15,3)4/h5,10,12-13H,6-9H2,1-4H3. The van der Waals surface area contributed by atoms with Crippen LogP contribution in [0, 0.1) is 28.6 Å². The quantitative estimate of drug-likeness (QED) is 0.513. The molecule has 0 aliphatic heterocycles. The van der Waals surface area contributed by atoms with Crippen LogP contribution in [0.25, 0.3) is 0 Å². The summed E-state index contributed by atoms with van der Waals surface area (Å²) in [5.74, 6) is 2.93. The molecule has 0 heteroatoms. The van der Waals surface area contributed by atoms with Crippen molar-refractivity contribution in [3.05, 3.63) is 11.6 Å². The van der Waals surface area contributed by atoms with E-state index < -0.39 is 0 Å². The zero-order valence-electron chi connectivity index (χ0n) is 10.6. The third-order valence-corrected chi connectivity index (χ3v) is 6.43. The molecule has 0 aromatic carbocycles. The Morgan fingerprint density at radius 3 is 2.80 bits per heavy atom. The van der Waals surface area contributed by atoms with Gasteiger partial charge in [-0.1, -0.05) is 32.4 Å². The second-order valence-electron chi connectivity index (χ2n) is 6.87. The Hall–Kier alpha value is -0.260. The van der Waals surface area contributed by atoms with Crippen molar-refractivity contribution >= 4 is 0 Å². The average molecular weight is 204 g/mol. The van der Waals surface area contributed by atoms with Crippen LogP contribution < -0.4 is 0 Å². The second kappa shape index (κ2) is 2.70. The molecule has 2 bridgehead atoms. The van der Waals surface area contributed by atoms with Crippen LogP contribution in [0.15, 0.2) is 11.6 Å². The van der Waals surface area contributed by atoms with Crippen molar-refractivity contribution in [2.45, 2.75) is 53.4 Å². The Bertz CT molecular complexity index is 323. The van der Waals surface area contributed by atoms with Gasteiger partial charge in [0.1, 0.15) is 0 Å². The maximum absolute atomic E-state index is 2.56. The molecule has 4 unspecified atom stereocenters. The van der Waals surface area contributed by atoms with Gasteiger partial charge in [-0.25, -0.2) is 0 Å². The van der Waals surface area contributed by atoms with Crippen LogP contribution in [0.2, 0.25) is 0 Å². The van der Waals surface area contributed by atoms with E-state index in [1.807, 2.05) is 0 Å². The summed E-state index contributed by atoms with van der Waals surface area (Å²) in [6.07, 6.45) is 8.34. The molecule has 0 radical (unpaired) electrons. The van der Waals surface area contributed by atoms with Gasteiger partial charge < -0.3 is 0 Å². The zero-order chi connectivity index (χ0) is 10.8. The van der Waals surface area contributed by atoms with Crippen LogP contribution in [0.4, 0.5) is 0 Å². The van der Waals surface area contributed by atoms with Crippen molar-refractivity contribution in [3.63, 3.8) is 0 Å². The highest BCUT2D eigenvalue weighted by Crippen LogP contribution is 2.72. The van der Waals surface area contributed by atoms with E-state index in [-0.39, 0.29) is 0 Å². The van der Waals surface area contributed by atoms with E-state index in [0.29, 0.717) is 10.8 Å². The van der Waals surface area contributed by atoms with Crippen LogP contribution in [-0.4, -0.2) is 0 Å². The topological polar surface area (TPSA) is 0 Å². The fraction of sp³-hybridized carbons (Fsp3) is 0.867. The van der Waals surface area contributed by atoms with Gasteiger partial charge in [-0.3, -0.25) is 0 Å². The number of hydrogen-bond acceptors (Lipinski definition) is 0. The molecule has 2 saturated carbocycles. The summed E-state index contributed by atoms with van der Waals surface area (Å²) in [5, 5.41) is 0. The summed E-state index contributed by atoms with van der Waals surface area (Å²) in [6.45, 7) is 10.00. The van der Waals surface area contributed by atoms with Gasteiger partial charge in [0.15, 0.2) is 0 Å². The lowest BCUT2D eigenvalue weighted by Gasteiger charge is -2.48. The molecule has 0 heterocycles. The fourth-order valence-electron chi connectivity index (χ4n) is 5.42. The molecular formula is C15H24. The smallest absolute Gasteiger partial charge is 0.000604 e. The van der Waals surface area contributed by atoms with Crippen molar-refractivity contribution in [3.8, 4) is 0 Å². The Balaban J connectivity index is 2.17. The SMILES string of the molecule is CC1=CCC2CC3C(C)CCC13C2(C)C. The molecule has 0 nitrogen and oxygen atoms in total. The van der Waals surface area contributed by atoms with Crippen LogP contribution in [0.1, 0.15) is 53.4 Å². The van der Waals surface area contributed by atoms with Gasteiger partial charge in [0.05, 0.1) is 0 Å². The molecular weight excluding hydrogens is 180 g/mol. The summed E-state index contributed by atoms with van der Waals surface area (Å²) in [7, 11) is 0. The van der Waals surface area contributed by atoms with Crippen LogP contribution in [0.3, 0.4) is 0 Å². The molecule has 3 aliphatic carbocycles. The van der Waals surface area contributed by atoms with Gasteiger partial charge in [0, 0.05) is 0 Å². The van der Waals surface area contributed by atoms with Gasteiger partial charge >= 0.3 is 0 Å². The normalized spacial score (nSPS) is 51.5. The van der Waals surface area contributed by atoms with E-state index in [9.17, 15) is 0 Å². The molecule has 2 fully saturated rings. The third kappa shape index (κ3) is 0.905. The van der Waals surface area contributed by atoms with Gasteiger partial charge in [0.2, 0.25) is 0 Å². The summed E-state index contributed by atoms with van der Waals surface area (Å²) in [4.78, 5) is 0. The van der Waals surface area contributed by atoms with Crippen molar-refractivity contribution in [2.75, 3.05) is 0 Å². The Morgan fingerprint density at radius 1 is 1.33 bits per heavy atom. The molecule has 0 amide bonds. The first kappa shape index (κ1) is 9.93. The number of fused-ring (bicyclic) bond motifs is 1. The van der Waals surface area contributed by atoms with E-state index in [1.165, 1.54) is 25.7 Å². The summed E-state index contributed by atoms with van der Waals surface area (Å²) in [5.41, 5.74) is 2.90. The van der Waals surface area contributed by atoms with Crippen molar-refractivity contribution < 1.29 is 0 Å². The molecule has 1 spiro atoms. The molecule has 0 aromatic rings. The third-order valence-electron chi connectivity index (χ3n) is 6.43. The van der Waals surface area contributed by atoms with E-state index in [2.05, 4.69) is 33.8 Å². The van der Waals surface area contributed by atoms with Crippen molar-refractivity contribution in [1.82, 2.24) is 0 Å². The average Bonchev–Trinajstić information content (AvgIpc) is 2.53. The molecule has 15 heavy (non-hydrogen) atoms.